The van der Waals surface area contributed by atoms with Gasteiger partial charge < -0.3 is 0 Å². The first-order valence-electron chi connectivity index (χ1n) is 7.00. The van der Waals surface area contributed by atoms with E-state index in [1.807, 2.05) is 0 Å². The molecule has 0 bridgehead atoms. The molecule has 3 heteroatoms. The van der Waals surface area contributed by atoms with Crippen molar-refractivity contribution >= 4 is 31.9 Å². The molecule has 2 aromatic rings. The molecule has 0 amide bonds. The topological polar surface area (TPSA) is 3.24 Å². The fourth-order valence-corrected chi connectivity index (χ4v) is 3.43. The van der Waals surface area contributed by atoms with Crippen molar-refractivity contribution < 1.29 is 0 Å². The molecule has 112 valence electrons. The monoisotopic (exact) mass is 409 g/mol. The number of benzene rings is 2. The third-order valence-electron chi connectivity index (χ3n) is 3.87. The molecule has 0 fully saturated rings. The zero-order valence-corrected chi connectivity index (χ0v) is 16.3. The van der Waals surface area contributed by atoms with E-state index in [-0.39, 0.29) is 6.04 Å². The summed E-state index contributed by atoms with van der Waals surface area (Å²) < 4.78 is 2.33. The fourth-order valence-electron chi connectivity index (χ4n) is 2.67. The van der Waals surface area contributed by atoms with Gasteiger partial charge in [-0.25, -0.2) is 0 Å². The van der Waals surface area contributed by atoms with Crippen molar-refractivity contribution in [3.63, 3.8) is 0 Å². The van der Waals surface area contributed by atoms with Gasteiger partial charge >= 0.3 is 0 Å². The van der Waals surface area contributed by atoms with Gasteiger partial charge in [0, 0.05) is 8.95 Å². The largest absolute Gasteiger partial charge is 0.299 e. The van der Waals surface area contributed by atoms with Gasteiger partial charge in [-0.15, -0.1) is 0 Å². The Balaban J connectivity index is 2.58. The smallest absolute Gasteiger partial charge is 0.0600 e. The van der Waals surface area contributed by atoms with Gasteiger partial charge in [-0.05, 0) is 74.8 Å². The molecule has 0 unspecified atom stereocenters. The van der Waals surface area contributed by atoms with Crippen molar-refractivity contribution in [2.24, 2.45) is 0 Å². The van der Waals surface area contributed by atoms with Crippen LogP contribution in [0.4, 0.5) is 0 Å². The van der Waals surface area contributed by atoms with Crippen molar-refractivity contribution in [1.29, 1.82) is 0 Å². The van der Waals surface area contributed by atoms with Gasteiger partial charge in [0.05, 0.1) is 6.04 Å². The first-order valence-corrected chi connectivity index (χ1v) is 8.59. The average molecular weight is 411 g/mol. The standard InChI is InChI=1S/C18H21Br2N/c1-11-6-7-14(9-16(11)19)18(21(4)5)15-10-17(20)13(3)8-12(15)2/h6-10,18H,1-5H3/t18-/m0/s1. The lowest BCUT2D eigenvalue weighted by Crippen LogP contribution is -2.22. The number of nitrogens with zero attached hydrogens (tertiary/aromatic N) is 1. The van der Waals surface area contributed by atoms with Crippen LogP contribution in [0.1, 0.15) is 33.9 Å². The molecule has 1 nitrogen and oxygen atoms in total. The van der Waals surface area contributed by atoms with Crippen molar-refractivity contribution in [1.82, 2.24) is 4.90 Å². The van der Waals surface area contributed by atoms with E-state index in [0.29, 0.717) is 0 Å². The van der Waals surface area contributed by atoms with E-state index in [4.69, 9.17) is 0 Å². The molecule has 0 aliphatic carbocycles. The summed E-state index contributed by atoms with van der Waals surface area (Å²) in [5.41, 5.74) is 6.51. The molecular weight excluding hydrogens is 390 g/mol. The molecule has 21 heavy (non-hydrogen) atoms. The van der Waals surface area contributed by atoms with E-state index < -0.39 is 0 Å². The molecule has 0 aliphatic heterocycles. The normalized spacial score (nSPS) is 12.8. The summed E-state index contributed by atoms with van der Waals surface area (Å²) in [6.45, 7) is 6.44. The summed E-state index contributed by atoms with van der Waals surface area (Å²) in [6, 6.07) is 11.4. The molecular formula is C18H21Br2N. The minimum atomic E-state index is 0.249. The molecule has 0 aliphatic rings. The Morgan fingerprint density at radius 3 is 2.00 bits per heavy atom. The van der Waals surface area contributed by atoms with Gasteiger partial charge in [0.15, 0.2) is 0 Å². The summed E-state index contributed by atoms with van der Waals surface area (Å²) >= 11 is 7.32. The molecule has 0 aromatic heterocycles. The summed E-state index contributed by atoms with van der Waals surface area (Å²) in [6.07, 6.45) is 0. The molecule has 0 heterocycles. The maximum Gasteiger partial charge on any atom is 0.0600 e. The molecule has 0 spiro atoms. The number of rotatable bonds is 3. The maximum absolute atomic E-state index is 3.67. The van der Waals surface area contributed by atoms with E-state index in [0.717, 1.165) is 4.47 Å². The molecule has 0 saturated carbocycles. The van der Waals surface area contributed by atoms with Gasteiger partial charge in [0.25, 0.3) is 0 Å². The summed E-state index contributed by atoms with van der Waals surface area (Å²) in [5, 5.41) is 0. The number of halogens is 2. The summed E-state index contributed by atoms with van der Waals surface area (Å²) in [7, 11) is 4.26. The Hall–Kier alpha value is -0.640. The highest BCUT2D eigenvalue weighted by atomic mass is 79.9. The highest BCUT2D eigenvalue weighted by Gasteiger charge is 2.20. The third kappa shape index (κ3) is 3.58. The van der Waals surface area contributed by atoms with E-state index in [1.165, 1.54) is 32.3 Å². The van der Waals surface area contributed by atoms with Crippen LogP contribution in [-0.2, 0) is 0 Å². The average Bonchev–Trinajstić information content (AvgIpc) is 2.39. The molecule has 2 rings (SSSR count). The van der Waals surface area contributed by atoms with Gasteiger partial charge in [0.1, 0.15) is 0 Å². The van der Waals surface area contributed by atoms with E-state index in [1.54, 1.807) is 0 Å². The Labute approximate surface area is 144 Å². The Bertz CT molecular complexity index is 663. The van der Waals surface area contributed by atoms with Crippen LogP contribution in [0.3, 0.4) is 0 Å². The van der Waals surface area contributed by atoms with Crippen LogP contribution >= 0.6 is 31.9 Å². The van der Waals surface area contributed by atoms with Crippen LogP contribution in [0.25, 0.3) is 0 Å². The zero-order chi connectivity index (χ0) is 15.7. The first-order chi connectivity index (χ1) is 9.81. The Morgan fingerprint density at radius 1 is 0.810 bits per heavy atom. The van der Waals surface area contributed by atoms with Crippen LogP contribution in [0, 0.1) is 20.8 Å². The van der Waals surface area contributed by atoms with Crippen LogP contribution in [-0.4, -0.2) is 19.0 Å². The lowest BCUT2D eigenvalue weighted by Gasteiger charge is -2.28. The fraction of sp³-hybridized carbons (Fsp3) is 0.333. The summed E-state index contributed by atoms with van der Waals surface area (Å²) in [5.74, 6) is 0. The maximum atomic E-state index is 3.67. The minimum Gasteiger partial charge on any atom is -0.299 e. The predicted molar refractivity (Wildman–Crippen MR) is 98.0 cm³/mol. The Morgan fingerprint density at radius 2 is 1.43 bits per heavy atom. The van der Waals surface area contributed by atoms with Crippen LogP contribution in [0.15, 0.2) is 39.3 Å². The third-order valence-corrected chi connectivity index (χ3v) is 5.58. The van der Waals surface area contributed by atoms with Gasteiger partial charge in [-0.3, -0.25) is 4.90 Å². The lowest BCUT2D eigenvalue weighted by atomic mass is 9.92. The minimum absolute atomic E-state index is 0.249. The first kappa shape index (κ1) is 16.7. The van der Waals surface area contributed by atoms with Gasteiger partial charge in [-0.1, -0.05) is 50.1 Å². The number of hydrogen-bond donors (Lipinski definition) is 0. The molecule has 0 N–H and O–H groups in total. The lowest BCUT2D eigenvalue weighted by molar-refractivity contribution is 0.341. The number of hydrogen-bond acceptors (Lipinski definition) is 1. The van der Waals surface area contributed by atoms with Crippen LogP contribution < -0.4 is 0 Å². The van der Waals surface area contributed by atoms with Crippen LogP contribution in [0.2, 0.25) is 0 Å². The highest BCUT2D eigenvalue weighted by Crippen LogP contribution is 2.34. The van der Waals surface area contributed by atoms with Crippen molar-refractivity contribution in [2.75, 3.05) is 14.1 Å². The molecule has 1 atom stereocenters. The second-order valence-electron chi connectivity index (χ2n) is 5.83. The van der Waals surface area contributed by atoms with E-state index in [2.05, 4.69) is 102 Å². The van der Waals surface area contributed by atoms with E-state index >= 15 is 0 Å². The van der Waals surface area contributed by atoms with Gasteiger partial charge in [0.2, 0.25) is 0 Å². The zero-order valence-electron chi connectivity index (χ0n) is 13.2. The van der Waals surface area contributed by atoms with E-state index in [9.17, 15) is 0 Å². The molecule has 0 saturated heterocycles. The van der Waals surface area contributed by atoms with Crippen molar-refractivity contribution in [3.05, 3.63) is 67.1 Å². The van der Waals surface area contributed by atoms with Gasteiger partial charge in [-0.2, -0.15) is 0 Å². The number of aryl methyl sites for hydroxylation is 3. The Kier molecular flexibility index (Phi) is 5.29. The second kappa shape index (κ2) is 6.64. The quantitative estimate of drug-likeness (QED) is 0.618. The SMILES string of the molecule is Cc1ccc([C@@H](c2cc(Br)c(C)cc2C)N(C)C)cc1Br. The summed E-state index contributed by atoms with van der Waals surface area (Å²) in [4.78, 5) is 2.27. The van der Waals surface area contributed by atoms with Crippen LogP contribution in [0.5, 0.6) is 0 Å². The molecule has 0 radical (unpaired) electrons. The van der Waals surface area contributed by atoms with Crippen molar-refractivity contribution in [2.45, 2.75) is 26.8 Å². The van der Waals surface area contributed by atoms with Crippen molar-refractivity contribution in [3.8, 4) is 0 Å². The molecule has 2 aromatic carbocycles. The predicted octanol–water partition coefficient (Wildman–Crippen LogP) is 5.79. The second-order valence-corrected chi connectivity index (χ2v) is 7.54. The highest BCUT2D eigenvalue weighted by molar-refractivity contribution is 9.10.